The standard InChI is InChI=1S/C21H25N3O3S/c1-15(16-2-5-18(6-3-16)24-8-10-25-11-9-24)22-21(28)23-17-4-7-19-20(14-17)27-13-12-26-19/h2-7,14-15H,8-13H2,1H3,(H2,22,23,28). The lowest BCUT2D eigenvalue weighted by atomic mass is 10.1. The van der Waals surface area contributed by atoms with Crippen molar-refractivity contribution in [3.8, 4) is 11.5 Å². The van der Waals surface area contributed by atoms with Gasteiger partial charge in [0.2, 0.25) is 0 Å². The molecule has 2 aliphatic heterocycles. The zero-order chi connectivity index (χ0) is 19.3. The first-order valence-electron chi connectivity index (χ1n) is 9.59. The van der Waals surface area contributed by atoms with E-state index in [-0.39, 0.29) is 6.04 Å². The molecular weight excluding hydrogens is 374 g/mol. The molecule has 0 aromatic heterocycles. The van der Waals surface area contributed by atoms with Crippen LogP contribution in [0.2, 0.25) is 0 Å². The van der Waals surface area contributed by atoms with Crippen LogP contribution < -0.4 is 25.0 Å². The summed E-state index contributed by atoms with van der Waals surface area (Å²) >= 11 is 5.48. The summed E-state index contributed by atoms with van der Waals surface area (Å²) in [6.45, 7) is 6.71. The van der Waals surface area contributed by atoms with E-state index < -0.39 is 0 Å². The molecule has 0 radical (unpaired) electrons. The van der Waals surface area contributed by atoms with Crippen LogP contribution in [0.1, 0.15) is 18.5 Å². The van der Waals surface area contributed by atoms with Gasteiger partial charge in [-0.15, -0.1) is 0 Å². The van der Waals surface area contributed by atoms with Crippen molar-refractivity contribution in [1.82, 2.24) is 5.32 Å². The van der Waals surface area contributed by atoms with Gasteiger partial charge >= 0.3 is 0 Å². The quantitative estimate of drug-likeness (QED) is 0.765. The van der Waals surface area contributed by atoms with Gasteiger partial charge in [0.05, 0.1) is 19.3 Å². The highest BCUT2D eigenvalue weighted by Gasteiger charge is 2.14. The van der Waals surface area contributed by atoms with Gasteiger partial charge in [0.25, 0.3) is 0 Å². The largest absolute Gasteiger partial charge is 0.486 e. The Hall–Kier alpha value is -2.51. The third kappa shape index (κ3) is 4.48. The maximum absolute atomic E-state index is 5.62. The van der Waals surface area contributed by atoms with E-state index in [1.165, 1.54) is 11.3 Å². The Morgan fingerprint density at radius 1 is 0.964 bits per heavy atom. The second-order valence-electron chi connectivity index (χ2n) is 6.87. The first kappa shape index (κ1) is 18.8. The SMILES string of the molecule is CC(NC(=S)Nc1ccc2c(c1)OCCO2)c1ccc(N2CCOCC2)cc1. The van der Waals surface area contributed by atoms with E-state index in [2.05, 4.69) is 46.7 Å². The van der Waals surface area contributed by atoms with Crippen LogP contribution in [0.5, 0.6) is 11.5 Å². The molecule has 1 atom stereocenters. The predicted molar refractivity (Wildman–Crippen MR) is 115 cm³/mol. The van der Waals surface area contributed by atoms with Gasteiger partial charge in [-0.25, -0.2) is 0 Å². The first-order chi connectivity index (χ1) is 13.7. The number of fused-ring (bicyclic) bond motifs is 1. The van der Waals surface area contributed by atoms with E-state index in [1.54, 1.807) is 0 Å². The molecule has 2 aromatic carbocycles. The van der Waals surface area contributed by atoms with Crippen LogP contribution in [0, 0.1) is 0 Å². The van der Waals surface area contributed by atoms with Gasteiger partial charge in [-0.3, -0.25) is 0 Å². The summed E-state index contributed by atoms with van der Waals surface area (Å²) in [5, 5.41) is 7.13. The maximum Gasteiger partial charge on any atom is 0.171 e. The Morgan fingerprint density at radius 3 is 2.43 bits per heavy atom. The Kier molecular flexibility index (Phi) is 5.83. The number of nitrogens with one attached hydrogen (secondary N) is 2. The van der Waals surface area contributed by atoms with Gasteiger partial charge in [-0.1, -0.05) is 12.1 Å². The summed E-state index contributed by atoms with van der Waals surface area (Å²) in [7, 11) is 0. The molecule has 2 heterocycles. The van der Waals surface area contributed by atoms with Crippen LogP contribution in [0.3, 0.4) is 0 Å². The first-order valence-corrected chi connectivity index (χ1v) is 10.00. The molecule has 1 unspecified atom stereocenters. The number of nitrogens with zero attached hydrogens (tertiary/aromatic N) is 1. The molecule has 4 rings (SSSR count). The summed E-state index contributed by atoms with van der Waals surface area (Å²) in [5.74, 6) is 1.51. The third-order valence-corrected chi connectivity index (χ3v) is 5.14. The summed E-state index contributed by atoms with van der Waals surface area (Å²) in [6.07, 6.45) is 0. The van der Waals surface area contributed by atoms with Crippen molar-refractivity contribution in [3.63, 3.8) is 0 Å². The monoisotopic (exact) mass is 399 g/mol. The average Bonchev–Trinajstić information content (AvgIpc) is 2.74. The number of rotatable bonds is 4. The van der Waals surface area contributed by atoms with Crippen molar-refractivity contribution >= 4 is 28.7 Å². The van der Waals surface area contributed by atoms with Gasteiger partial charge < -0.3 is 29.7 Å². The Balaban J connectivity index is 1.33. The lowest BCUT2D eigenvalue weighted by Gasteiger charge is -2.29. The Bertz CT molecular complexity index is 822. The van der Waals surface area contributed by atoms with Gasteiger partial charge in [-0.2, -0.15) is 0 Å². The van der Waals surface area contributed by atoms with Crippen molar-refractivity contribution in [2.24, 2.45) is 0 Å². The fourth-order valence-corrected chi connectivity index (χ4v) is 3.66. The molecule has 28 heavy (non-hydrogen) atoms. The molecule has 2 aliphatic rings. The summed E-state index contributed by atoms with van der Waals surface area (Å²) in [6, 6.07) is 14.5. The van der Waals surface area contributed by atoms with E-state index in [0.29, 0.717) is 18.3 Å². The molecule has 1 fully saturated rings. The number of ether oxygens (including phenoxy) is 3. The van der Waals surface area contributed by atoms with E-state index >= 15 is 0 Å². The van der Waals surface area contributed by atoms with Crippen LogP contribution in [-0.4, -0.2) is 44.6 Å². The van der Waals surface area contributed by atoms with Crippen LogP contribution in [-0.2, 0) is 4.74 Å². The minimum Gasteiger partial charge on any atom is -0.486 e. The Morgan fingerprint density at radius 2 is 1.68 bits per heavy atom. The van der Waals surface area contributed by atoms with Crippen LogP contribution >= 0.6 is 12.2 Å². The van der Waals surface area contributed by atoms with Crippen molar-refractivity contribution in [1.29, 1.82) is 0 Å². The van der Waals surface area contributed by atoms with Crippen LogP contribution in [0.4, 0.5) is 11.4 Å². The molecule has 2 aromatic rings. The predicted octanol–water partition coefficient (Wildman–Crippen LogP) is 3.34. The smallest absolute Gasteiger partial charge is 0.171 e. The fraction of sp³-hybridized carbons (Fsp3) is 0.381. The molecule has 6 nitrogen and oxygen atoms in total. The van der Waals surface area contributed by atoms with Gasteiger partial charge in [-0.05, 0) is 49.0 Å². The summed E-state index contributed by atoms with van der Waals surface area (Å²) in [4.78, 5) is 2.35. The van der Waals surface area contributed by atoms with E-state index in [9.17, 15) is 0 Å². The minimum atomic E-state index is 0.0935. The highest BCUT2D eigenvalue weighted by Crippen LogP contribution is 2.32. The summed E-state index contributed by atoms with van der Waals surface area (Å²) < 4.78 is 16.6. The van der Waals surface area contributed by atoms with Crippen molar-refractivity contribution < 1.29 is 14.2 Å². The zero-order valence-electron chi connectivity index (χ0n) is 15.9. The van der Waals surface area contributed by atoms with Gasteiger partial charge in [0.1, 0.15) is 13.2 Å². The fourth-order valence-electron chi connectivity index (χ4n) is 3.36. The molecule has 148 valence electrons. The number of benzene rings is 2. The van der Waals surface area contributed by atoms with E-state index in [1.807, 2.05) is 18.2 Å². The highest BCUT2D eigenvalue weighted by atomic mass is 32.1. The van der Waals surface area contributed by atoms with E-state index in [4.69, 9.17) is 26.4 Å². The highest BCUT2D eigenvalue weighted by molar-refractivity contribution is 7.80. The second-order valence-corrected chi connectivity index (χ2v) is 7.28. The number of anilines is 2. The van der Waals surface area contributed by atoms with Crippen LogP contribution in [0.15, 0.2) is 42.5 Å². The van der Waals surface area contributed by atoms with Crippen molar-refractivity contribution in [3.05, 3.63) is 48.0 Å². The number of thiocarbonyl (C=S) groups is 1. The van der Waals surface area contributed by atoms with Gasteiger partial charge in [0.15, 0.2) is 16.6 Å². The molecule has 0 bridgehead atoms. The number of morpholine rings is 1. The second kappa shape index (κ2) is 8.67. The molecule has 7 heteroatoms. The number of hydrogen-bond donors (Lipinski definition) is 2. The molecule has 1 saturated heterocycles. The maximum atomic E-state index is 5.62. The van der Waals surface area contributed by atoms with Crippen molar-refractivity contribution in [2.75, 3.05) is 49.7 Å². The van der Waals surface area contributed by atoms with E-state index in [0.717, 1.165) is 43.5 Å². The minimum absolute atomic E-state index is 0.0935. The number of hydrogen-bond acceptors (Lipinski definition) is 5. The third-order valence-electron chi connectivity index (χ3n) is 4.92. The molecule has 0 spiro atoms. The lowest BCUT2D eigenvalue weighted by molar-refractivity contribution is 0.122. The zero-order valence-corrected chi connectivity index (χ0v) is 16.8. The lowest BCUT2D eigenvalue weighted by Crippen LogP contribution is -2.36. The average molecular weight is 400 g/mol. The molecular formula is C21H25N3O3S. The Labute approximate surface area is 170 Å². The van der Waals surface area contributed by atoms with Crippen LogP contribution in [0.25, 0.3) is 0 Å². The van der Waals surface area contributed by atoms with Crippen molar-refractivity contribution in [2.45, 2.75) is 13.0 Å². The summed E-state index contributed by atoms with van der Waals surface area (Å²) in [5.41, 5.74) is 3.29. The topological polar surface area (TPSA) is 55.0 Å². The normalized spacial score (nSPS) is 17.0. The molecule has 2 N–H and O–H groups in total. The molecule has 0 aliphatic carbocycles. The molecule has 0 saturated carbocycles. The van der Waals surface area contributed by atoms with Gasteiger partial charge in [0, 0.05) is 30.5 Å². The molecule has 0 amide bonds.